The van der Waals surface area contributed by atoms with Crippen LogP contribution in [0.5, 0.6) is 0 Å². The molecule has 1 heterocycles. The third kappa shape index (κ3) is 2.36. The van der Waals surface area contributed by atoms with Crippen molar-refractivity contribution < 1.29 is 19.4 Å². The molecule has 1 aliphatic heterocycles. The molecule has 1 saturated heterocycles. The van der Waals surface area contributed by atoms with E-state index in [-0.39, 0.29) is 29.8 Å². The van der Waals surface area contributed by atoms with E-state index >= 15 is 0 Å². The van der Waals surface area contributed by atoms with Gasteiger partial charge in [-0.05, 0) is 43.9 Å². The van der Waals surface area contributed by atoms with Crippen LogP contribution in [0.3, 0.4) is 0 Å². The zero-order valence-electron chi connectivity index (χ0n) is 11.0. The smallest absolute Gasteiger partial charge is 0.307 e. The fourth-order valence-electron chi connectivity index (χ4n) is 4.16. The number of amides is 1. The van der Waals surface area contributed by atoms with Crippen molar-refractivity contribution in [1.29, 1.82) is 0 Å². The molecule has 5 heteroatoms. The van der Waals surface area contributed by atoms with Gasteiger partial charge in [0.15, 0.2) is 0 Å². The lowest BCUT2D eigenvalue weighted by Gasteiger charge is -2.27. The fourth-order valence-corrected chi connectivity index (χ4v) is 4.16. The van der Waals surface area contributed by atoms with Crippen LogP contribution in [0.25, 0.3) is 0 Å². The van der Waals surface area contributed by atoms with Gasteiger partial charge in [0.2, 0.25) is 5.91 Å². The Labute approximate surface area is 112 Å². The van der Waals surface area contributed by atoms with E-state index < -0.39 is 11.9 Å². The van der Waals surface area contributed by atoms with Crippen molar-refractivity contribution in [2.45, 2.75) is 38.2 Å². The molecule has 1 amide bonds. The Morgan fingerprint density at radius 3 is 2.53 bits per heavy atom. The van der Waals surface area contributed by atoms with Crippen LogP contribution in [0.2, 0.25) is 0 Å². The van der Waals surface area contributed by atoms with Crippen LogP contribution < -0.4 is 5.32 Å². The van der Waals surface area contributed by atoms with E-state index in [1.165, 1.54) is 0 Å². The number of carbonyl (C=O) groups excluding carboxylic acids is 1. The molecule has 2 bridgehead atoms. The summed E-state index contributed by atoms with van der Waals surface area (Å²) in [5.74, 6) is -1.18. The Morgan fingerprint density at radius 2 is 1.89 bits per heavy atom. The van der Waals surface area contributed by atoms with Crippen molar-refractivity contribution in [1.82, 2.24) is 5.32 Å². The van der Waals surface area contributed by atoms with E-state index in [2.05, 4.69) is 5.32 Å². The lowest BCUT2D eigenvalue weighted by molar-refractivity contribution is -0.149. The molecule has 2 N–H and O–H groups in total. The maximum absolute atomic E-state index is 12.3. The summed E-state index contributed by atoms with van der Waals surface area (Å²) in [4.78, 5) is 23.6. The van der Waals surface area contributed by atoms with E-state index in [9.17, 15) is 14.7 Å². The van der Waals surface area contributed by atoms with Gasteiger partial charge in [0.25, 0.3) is 0 Å². The third-order valence-electron chi connectivity index (χ3n) is 5.03. The first kappa shape index (κ1) is 12.9. The molecule has 0 unspecified atom stereocenters. The minimum absolute atomic E-state index is 0.0740. The lowest BCUT2D eigenvalue weighted by atomic mass is 9.78. The minimum Gasteiger partial charge on any atom is -0.481 e. The second kappa shape index (κ2) is 5.12. The van der Waals surface area contributed by atoms with E-state index in [1.807, 2.05) is 0 Å². The zero-order valence-corrected chi connectivity index (χ0v) is 11.0. The normalized spacial score (nSPS) is 40.5. The highest BCUT2D eigenvalue weighted by molar-refractivity contribution is 5.86. The third-order valence-corrected chi connectivity index (χ3v) is 5.03. The largest absolute Gasteiger partial charge is 0.481 e. The Hall–Kier alpha value is -1.10. The van der Waals surface area contributed by atoms with Crippen LogP contribution >= 0.6 is 0 Å². The van der Waals surface area contributed by atoms with Gasteiger partial charge in [-0.25, -0.2) is 0 Å². The summed E-state index contributed by atoms with van der Waals surface area (Å²) >= 11 is 0. The number of fused-ring (bicyclic) bond motifs is 2. The van der Waals surface area contributed by atoms with E-state index in [1.54, 1.807) is 0 Å². The highest BCUT2D eigenvalue weighted by Crippen LogP contribution is 2.52. The van der Waals surface area contributed by atoms with E-state index in [4.69, 9.17) is 4.74 Å². The van der Waals surface area contributed by atoms with Crippen LogP contribution in [-0.4, -0.2) is 36.2 Å². The molecule has 19 heavy (non-hydrogen) atoms. The highest BCUT2D eigenvalue weighted by Gasteiger charge is 2.53. The molecule has 0 radical (unpaired) electrons. The molecule has 0 aromatic rings. The standard InChI is InChI=1S/C14H21NO4/c16-13(15-7-10-2-1-5-19-10)11-8-3-4-9(6-8)12(11)14(17)18/h8-12H,1-7H2,(H,15,16)(H,17,18)/t8-,9-,10-,11-,12-/m0/s1. The Bertz CT molecular complexity index is 378. The number of aliphatic carboxylic acids is 1. The molecular formula is C14H21NO4. The molecule has 0 spiro atoms. The van der Waals surface area contributed by atoms with Gasteiger partial charge in [0.05, 0.1) is 17.9 Å². The van der Waals surface area contributed by atoms with Crippen LogP contribution in [0.1, 0.15) is 32.1 Å². The van der Waals surface area contributed by atoms with Gasteiger partial charge in [0, 0.05) is 13.2 Å². The van der Waals surface area contributed by atoms with Gasteiger partial charge in [0.1, 0.15) is 0 Å². The number of rotatable bonds is 4. The summed E-state index contributed by atoms with van der Waals surface area (Å²) < 4.78 is 5.47. The van der Waals surface area contributed by atoms with Crippen LogP contribution in [-0.2, 0) is 14.3 Å². The summed E-state index contributed by atoms with van der Waals surface area (Å²) in [5.41, 5.74) is 0. The molecular weight excluding hydrogens is 246 g/mol. The number of hydrogen-bond donors (Lipinski definition) is 2. The molecule has 5 nitrogen and oxygen atoms in total. The van der Waals surface area contributed by atoms with Crippen molar-refractivity contribution in [2.24, 2.45) is 23.7 Å². The maximum atomic E-state index is 12.3. The minimum atomic E-state index is -0.801. The number of carbonyl (C=O) groups is 2. The molecule has 2 saturated carbocycles. The first-order chi connectivity index (χ1) is 9.16. The average Bonchev–Trinajstić information content (AvgIpc) is 3.10. The molecule has 5 atom stereocenters. The predicted molar refractivity (Wildman–Crippen MR) is 67.4 cm³/mol. The zero-order chi connectivity index (χ0) is 13.4. The van der Waals surface area contributed by atoms with Gasteiger partial charge in [-0.1, -0.05) is 0 Å². The Morgan fingerprint density at radius 1 is 1.16 bits per heavy atom. The van der Waals surface area contributed by atoms with Crippen molar-refractivity contribution >= 4 is 11.9 Å². The highest BCUT2D eigenvalue weighted by atomic mass is 16.5. The van der Waals surface area contributed by atoms with E-state index in [0.717, 1.165) is 38.7 Å². The van der Waals surface area contributed by atoms with Gasteiger partial charge in [-0.2, -0.15) is 0 Å². The summed E-state index contributed by atoms with van der Waals surface area (Å²) in [6.45, 7) is 1.30. The molecule has 3 aliphatic rings. The second-order valence-corrected chi connectivity index (χ2v) is 6.10. The second-order valence-electron chi connectivity index (χ2n) is 6.10. The van der Waals surface area contributed by atoms with Gasteiger partial charge in [-0.3, -0.25) is 9.59 Å². The topological polar surface area (TPSA) is 75.6 Å². The van der Waals surface area contributed by atoms with Crippen LogP contribution in [0.15, 0.2) is 0 Å². The van der Waals surface area contributed by atoms with Crippen LogP contribution in [0.4, 0.5) is 0 Å². The molecule has 106 valence electrons. The first-order valence-corrected chi connectivity index (χ1v) is 7.29. The summed E-state index contributed by atoms with van der Waals surface area (Å²) in [7, 11) is 0. The number of carboxylic acids is 1. The van der Waals surface area contributed by atoms with E-state index in [0.29, 0.717) is 6.54 Å². The monoisotopic (exact) mass is 267 g/mol. The van der Waals surface area contributed by atoms with Crippen molar-refractivity contribution in [3.8, 4) is 0 Å². The Kier molecular flexibility index (Phi) is 3.48. The number of carboxylic acid groups (broad SMARTS) is 1. The molecule has 3 fully saturated rings. The van der Waals surface area contributed by atoms with Gasteiger partial charge in [-0.15, -0.1) is 0 Å². The maximum Gasteiger partial charge on any atom is 0.307 e. The van der Waals surface area contributed by atoms with Gasteiger partial charge >= 0.3 is 5.97 Å². The SMILES string of the molecule is O=C(O)[C@H]1[C@H]2CC[C@@H](C2)[C@@H]1C(=O)NC[C@@H]1CCCO1. The quantitative estimate of drug-likeness (QED) is 0.797. The fraction of sp³-hybridized carbons (Fsp3) is 0.857. The van der Waals surface area contributed by atoms with Crippen LogP contribution in [0, 0.1) is 23.7 Å². The number of nitrogens with one attached hydrogen (secondary N) is 1. The summed E-state index contributed by atoms with van der Waals surface area (Å²) in [6.07, 6.45) is 5.04. The van der Waals surface area contributed by atoms with Crippen molar-refractivity contribution in [2.75, 3.05) is 13.2 Å². The molecule has 0 aromatic heterocycles. The molecule has 2 aliphatic carbocycles. The van der Waals surface area contributed by atoms with Crippen molar-refractivity contribution in [3.05, 3.63) is 0 Å². The first-order valence-electron chi connectivity index (χ1n) is 7.29. The van der Waals surface area contributed by atoms with Gasteiger partial charge < -0.3 is 15.2 Å². The molecule has 0 aromatic carbocycles. The lowest BCUT2D eigenvalue weighted by Crippen LogP contribution is -2.43. The number of ether oxygens (including phenoxy) is 1. The average molecular weight is 267 g/mol. The predicted octanol–water partition coefficient (Wildman–Crippen LogP) is 1.03. The Balaban J connectivity index is 1.60. The summed E-state index contributed by atoms with van der Waals surface area (Å²) in [5, 5.41) is 12.2. The van der Waals surface area contributed by atoms with Crippen molar-refractivity contribution in [3.63, 3.8) is 0 Å². The molecule has 3 rings (SSSR count). The number of hydrogen-bond acceptors (Lipinski definition) is 3. The summed E-state index contributed by atoms with van der Waals surface area (Å²) in [6, 6.07) is 0.